The van der Waals surface area contributed by atoms with E-state index in [2.05, 4.69) is 0 Å². The summed E-state index contributed by atoms with van der Waals surface area (Å²) in [7, 11) is 0. The summed E-state index contributed by atoms with van der Waals surface area (Å²) in [4.78, 5) is 10.1. The van der Waals surface area contributed by atoms with E-state index >= 15 is 0 Å². The minimum absolute atomic E-state index is 0.119. The second kappa shape index (κ2) is 4.81. The Morgan fingerprint density at radius 1 is 1.29 bits per heavy atom. The smallest absolute Gasteiger partial charge is 0.269 e. The van der Waals surface area contributed by atoms with Crippen LogP contribution in [-0.4, -0.2) is 23.9 Å². The fourth-order valence-corrected chi connectivity index (χ4v) is 1.86. The van der Waals surface area contributed by atoms with Gasteiger partial charge in [-0.1, -0.05) is 12.1 Å². The zero-order valence-electron chi connectivity index (χ0n) is 9.72. The van der Waals surface area contributed by atoms with Crippen molar-refractivity contribution in [1.29, 1.82) is 0 Å². The van der Waals surface area contributed by atoms with E-state index in [1.807, 2.05) is 6.92 Å². The van der Waals surface area contributed by atoms with Gasteiger partial charge in [0.25, 0.3) is 5.69 Å². The molecule has 1 saturated heterocycles. The van der Waals surface area contributed by atoms with Gasteiger partial charge < -0.3 is 9.47 Å². The largest absolute Gasteiger partial charge is 0.348 e. The van der Waals surface area contributed by atoms with Crippen LogP contribution in [0, 0.1) is 10.1 Å². The second-order valence-electron chi connectivity index (χ2n) is 4.25. The molecule has 0 radical (unpaired) electrons. The number of rotatable bonds is 4. The van der Waals surface area contributed by atoms with Gasteiger partial charge in [-0.15, -0.1) is 0 Å². The van der Waals surface area contributed by atoms with Gasteiger partial charge in [-0.05, 0) is 18.9 Å². The summed E-state index contributed by atoms with van der Waals surface area (Å²) in [6, 6.07) is 6.59. The molecule has 1 aromatic carbocycles. The number of benzene rings is 1. The van der Waals surface area contributed by atoms with Gasteiger partial charge in [0.05, 0.1) is 18.1 Å². The van der Waals surface area contributed by atoms with E-state index in [0.717, 1.165) is 18.4 Å². The van der Waals surface area contributed by atoms with Gasteiger partial charge in [-0.25, -0.2) is 0 Å². The first kappa shape index (κ1) is 12.0. The van der Waals surface area contributed by atoms with Gasteiger partial charge in [-0.3, -0.25) is 10.1 Å². The van der Waals surface area contributed by atoms with Crippen molar-refractivity contribution in [1.82, 2.24) is 0 Å². The third-order valence-corrected chi connectivity index (χ3v) is 2.91. The summed E-state index contributed by atoms with van der Waals surface area (Å²) in [5, 5.41) is 10.5. The van der Waals surface area contributed by atoms with Gasteiger partial charge >= 0.3 is 0 Å². The lowest BCUT2D eigenvalue weighted by Gasteiger charge is -2.21. The monoisotopic (exact) mass is 237 g/mol. The summed E-state index contributed by atoms with van der Waals surface area (Å²) >= 11 is 0. The lowest BCUT2D eigenvalue weighted by molar-refractivity contribution is -0.384. The third-order valence-electron chi connectivity index (χ3n) is 2.91. The van der Waals surface area contributed by atoms with Crippen LogP contribution < -0.4 is 0 Å². The number of ether oxygens (including phenoxy) is 2. The minimum atomic E-state index is -0.498. The van der Waals surface area contributed by atoms with Crippen molar-refractivity contribution in [3.8, 4) is 0 Å². The number of nitro benzene ring substituents is 1. The summed E-state index contributed by atoms with van der Waals surface area (Å²) < 4.78 is 11.0. The highest BCUT2D eigenvalue weighted by atomic mass is 16.7. The Bertz CT molecular complexity index is 395. The molecule has 1 heterocycles. The molecule has 1 aliphatic heterocycles. The summed E-state index contributed by atoms with van der Waals surface area (Å²) in [5.41, 5.74) is 1.17. The molecule has 1 aliphatic rings. The van der Waals surface area contributed by atoms with Crippen molar-refractivity contribution in [2.24, 2.45) is 0 Å². The summed E-state index contributed by atoms with van der Waals surface area (Å²) in [5.74, 6) is -0.498. The molecule has 0 atom stereocenters. The van der Waals surface area contributed by atoms with Crippen LogP contribution in [0.15, 0.2) is 24.3 Å². The van der Waals surface area contributed by atoms with Crippen LogP contribution in [0.5, 0.6) is 0 Å². The van der Waals surface area contributed by atoms with Gasteiger partial charge in [0, 0.05) is 18.6 Å². The Morgan fingerprint density at radius 3 is 2.41 bits per heavy atom. The Kier molecular flexibility index (Phi) is 3.40. The maximum atomic E-state index is 10.5. The number of nitrogens with zero attached hydrogens (tertiary/aromatic N) is 1. The van der Waals surface area contributed by atoms with Crippen LogP contribution >= 0.6 is 0 Å². The third kappa shape index (κ3) is 3.01. The van der Waals surface area contributed by atoms with E-state index < -0.39 is 10.7 Å². The molecule has 0 aromatic heterocycles. The lowest BCUT2D eigenvalue weighted by Crippen LogP contribution is -2.26. The molecule has 0 unspecified atom stereocenters. The van der Waals surface area contributed by atoms with Crippen molar-refractivity contribution in [2.75, 3.05) is 13.2 Å². The average Bonchev–Trinajstić information content (AvgIpc) is 2.75. The first-order valence-electron chi connectivity index (χ1n) is 5.60. The maximum Gasteiger partial charge on any atom is 0.269 e. The van der Waals surface area contributed by atoms with Crippen LogP contribution in [0.2, 0.25) is 0 Å². The molecule has 0 aliphatic carbocycles. The normalized spacial score (nSPS) is 18.2. The molecule has 92 valence electrons. The molecule has 1 aromatic rings. The number of nitro groups is 1. The van der Waals surface area contributed by atoms with E-state index in [9.17, 15) is 10.1 Å². The van der Waals surface area contributed by atoms with Gasteiger partial charge in [0.15, 0.2) is 5.79 Å². The topological polar surface area (TPSA) is 61.6 Å². The fourth-order valence-electron chi connectivity index (χ4n) is 1.86. The maximum absolute atomic E-state index is 10.5. The zero-order valence-corrected chi connectivity index (χ0v) is 9.72. The van der Waals surface area contributed by atoms with Crippen molar-refractivity contribution in [3.63, 3.8) is 0 Å². The quantitative estimate of drug-likeness (QED) is 0.595. The predicted octanol–water partition coefficient (Wildman–Crippen LogP) is 2.29. The van der Waals surface area contributed by atoms with Crippen LogP contribution in [0.25, 0.3) is 0 Å². The second-order valence-corrected chi connectivity index (χ2v) is 4.25. The molecular weight excluding hydrogens is 222 g/mol. The first-order valence-corrected chi connectivity index (χ1v) is 5.60. The van der Waals surface area contributed by atoms with E-state index in [0.29, 0.717) is 13.2 Å². The Balaban J connectivity index is 1.93. The van der Waals surface area contributed by atoms with Gasteiger partial charge in [0.1, 0.15) is 0 Å². The Hall–Kier alpha value is -1.46. The highest BCUT2D eigenvalue weighted by Gasteiger charge is 2.30. The highest BCUT2D eigenvalue weighted by Crippen LogP contribution is 2.24. The van der Waals surface area contributed by atoms with Gasteiger partial charge in [-0.2, -0.15) is 0 Å². The number of hydrogen-bond donors (Lipinski definition) is 0. The molecular formula is C12H15NO4. The first-order chi connectivity index (χ1) is 8.09. The standard InChI is InChI=1S/C12H15NO4/c1-12(16-8-9-17-12)7-6-10-2-4-11(5-3-10)13(14)15/h2-5H,6-9H2,1H3. The molecule has 0 N–H and O–H groups in total. The SMILES string of the molecule is CC1(CCc2ccc([N+](=O)[O-])cc2)OCCO1. The van der Waals surface area contributed by atoms with Crippen molar-refractivity contribution >= 4 is 5.69 Å². The molecule has 2 rings (SSSR count). The van der Waals surface area contributed by atoms with Crippen molar-refractivity contribution in [2.45, 2.75) is 25.6 Å². The number of non-ortho nitro benzene ring substituents is 1. The van der Waals surface area contributed by atoms with Crippen molar-refractivity contribution in [3.05, 3.63) is 39.9 Å². The number of aryl methyl sites for hydroxylation is 1. The fraction of sp³-hybridized carbons (Fsp3) is 0.500. The van der Waals surface area contributed by atoms with E-state index in [-0.39, 0.29) is 5.69 Å². The molecule has 1 fully saturated rings. The van der Waals surface area contributed by atoms with E-state index in [1.165, 1.54) is 12.1 Å². The molecule has 0 bridgehead atoms. The van der Waals surface area contributed by atoms with Gasteiger partial charge in [0.2, 0.25) is 0 Å². The Labute approximate surface area is 99.5 Å². The van der Waals surface area contributed by atoms with Crippen LogP contribution in [0.1, 0.15) is 18.9 Å². The van der Waals surface area contributed by atoms with E-state index in [4.69, 9.17) is 9.47 Å². The molecule has 17 heavy (non-hydrogen) atoms. The van der Waals surface area contributed by atoms with Crippen LogP contribution in [-0.2, 0) is 15.9 Å². The molecule has 0 saturated carbocycles. The molecule has 5 nitrogen and oxygen atoms in total. The van der Waals surface area contributed by atoms with Crippen LogP contribution in [0.3, 0.4) is 0 Å². The van der Waals surface area contributed by atoms with E-state index in [1.54, 1.807) is 12.1 Å². The molecule has 0 amide bonds. The zero-order chi connectivity index (χ0) is 12.3. The summed E-state index contributed by atoms with van der Waals surface area (Å²) in [6.45, 7) is 3.19. The van der Waals surface area contributed by atoms with Crippen LogP contribution in [0.4, 0.5) is 5.69 Å². The predicted molar refractivity (Wildman–Crippen MR) is 61.7 cm³/mol. The van der Waals surface area contributed by atoms with Crippen molar-refractivity contribution < 1.29 is 14.4 Å². The molecule has 0 spiro atoms. The summed E-state index contributed by atoms with van der Waals surface area (Å²) in [6.07, 6.45) is 1.54. The molecule has 5 heteroatoms. The minimum Gasteiger partial charge on any atom is -0.348 e. The Morgan fingerprint density at radius 2 is 1.88 bits per heavy atom. The lowest BCUT2D eigenvalue weighted by atomic mass is 10.1. The number of hydrogen-bond acceptors (Lipinski definition) is 4. The average molecular weight is 237 g/mol. The highest BCUT2D eigenvalue weighted by molar-refractivity contribution is 5.32.